The summed E-state index contributed by atoms with van der Waals surface area (Å²) in [6, 6.07) is -0.102. The first kappa shape index (κ1) is 15.4. The molecular formula is C16H28N2O2. The van der Waals surface area contributed by atoms with Gasteiger partial charge in [0.15, 0.2) is 0 Å². The number of nitrogens with one attached hydrogen (secondary N) is 1. The molecule has 0 aromatic heterocycles. The highest BCUT2D eigenvalue weighted by molar-refractivity contribution is 5.68. The Morgan fingerprint density at radius 2 is 2.20 bits per heavy atom. The Hall–Kier alpha value is -1.03. The molecule has 0 heterocycles. The Bertz CT molecular complexity index is 421. The number of amides is 1. The quantitative estimate of drug-likeness (QED) is 0.781. The van der Waals surface area contributed by atoms with E-state index >= 15 is 0 Å². The zero-order valence-electron chi connectivity index (χ0n) is 13.3. The molecule has 4 heteroatoms. The van der Waals surface area contributed by atoms with Gasteiger partial charge in [0.25, 0.3) is 0 Å². The minimum Gasteiger partial charge on any atom is -0.444 e. The van der Waals surface area contributed by atoms with Gasteiger partial charge in [0, 0.05) is 6.54 Å². The number of carbonyl (C=O) groups excluding carboxylic acids is 1. The van der Waals surface area contributed by atoms with Gasteiger partial charge in [0.2, 0.25) is 0 Å². The summed E-state index contributed by atoms with van der Waals surface area (Å²) in [5.74, 6) is 1.33. The molecule has 1 saturated carbocycles. The first-order valence-corrected chi connectivity index (χ1v) is 7.54. The lowest BCUT2D eigenvalue weighted by atomic mass is 9.48. The van der Waals surface area contributed by atoms with Gasteiger partial charge in [-0.2, -0.15) is 0 Å². The van der Waals surface area contributed by atoms with Crippen molar-refractivity contribution in [3.05, 3.63) is 11.6 Å². The molecule has 3 atom stereocenters. The number of carbonyl (C=O) groups is 1. The van der Waals surface area contributed by atoms with Crippen LogP contribution in [-0.4, -0.2) is 24.3 Å². The standard InChI is InChI=1S/C16H28N2O2/c1-15(2,3)20-14(19)18-13(9-17)11-7-6-10-8-12(11)16(10,4)5/h7,10,12-13H,6,8-9,17H2,1-5H3,(H,18,19). The topological polar surface area (TPSA) is 64.3 Å². The fourth-order valence-electron chi connectivity index (χ4n) is 3.52. The van der Waals surface area contributed by atoms with Gasteiger partial charge >= 0.3 is 6.09 Å². The van der Waals surface area contributed by atoms with Crippen molar-refractivity contribution in [1.82, 2.24) is 5.32 Å². The summed E-state index contributed by atoms with van der Waals surface area (Å²) in [6.07, 6.45) is 4.23. The van der Waals surface area contributed by atoms with E-state index in [1.165, 1.54) is 12.0 Å². The number of hydrogen-bond acceptors (Lipinski definition) is 3. The van der Waals surface area contributed by atoms with Gasteiger partial charge in [0.05, 0.1) is 6.04 Å². The summed E-state index contributed by atoms with van der Waals surface area (Å²) in [5, 5.41) is 2.93. The fraction of sp³-hybridized carbons (Fsp3) is 0.812. The highest BCUT2D eigenvalue weighted by Gasteiger charge is 2.52. The third-order valence-electron chi connectivity index (χ3n) is 4.84. The molecule has 2 bridgehead atoms. The van der Waals surface area contributed by atoms with E-state index in [4.69, 9.17) is 10.5 Å². The number of fused-ring (bicyclic) bond motifs is 1. The molecule has 0 aromatic carbocycles. The van der Waals surface area contributed by atoms with Crippen molar-refractivity contribution < 1.29 is 9.53 Å². The number of nitrogens with two attached hydrogens (primary N) is 1. The van der Waals surface area contributed by atoms with Crippen molar-refractivity contribution >= 4 is 6.09 Å². The second-order valence-corrected chi connectivity index (χ2v) is 7.68. The van der Waals surface area contributed by atoms with Crippen LogP contribution in [0, 0.1) is 17.3 Å². The molecule has 3 N–H and O–H groups in total. The van der Waals surface area contributed by atoms with Gasteiger partial charge in [-0.05, 0) is 56.4 Å². The zero-order valence-corrected chi connectivity index (χ0v) is 13.3. The lowest BCUT2D eigenvalue weighted by Gasteiger charge is -2.57. The van der Waals surface area contributed by atoms with Gasteiger partial charge in [0.1, 0.15) is 5.60 Å². The number of alkyl carbamates (subject to hydrolysis) is 1. The normalized spacial score (nSPS) is 29.0. The van der Waals surface area contributed by atoms with Crippen molar-refractivity contribution in [2.75, 3.05) is 6.54 Å². The molecule has 0 saturated heterocycles. The summed E-state index contributed by atoms with van der Waals surface area (Å²) in [4.78, 5) is 11.9. The van der Waals surface area contributed by atoms with Crippen LogP contribution in [-0.2, 0) is 4.74 Å². The maximum Gasteiger partial charge on any atom is 0.408 e. The summed E-state index contributed by atoms with van der Waals surface area (Å²) in [7, 11) is 0. The van der Waals surface area contributed by atoms with Gasteiger partial charge in [-0.1, -0.05) is 19.9 Å². The van der Waals surface area contributed by atoms with E-state index in [9.17, 15) is 4.79 Å². The van der Waals surface area contributed by atoms with Gasteiger partial charge < -0.3 is 15.8 Å². The number of ether oxygens (including phenoxy) is 1. The molecule has 3 rings (SSSR count). The average Bonchev–Trinajstić information content (AvgIpc) is 2.33. The third-order valence-corrected chi connectivity index (χ3v) is 4.84. The highest BCUT2D eigenvalue weighted by Crippen LogP contribution is 2.59. The minimum absolute atomic E-state index is 0.102. The third kappa shape index (κ3) is 2.85. The van der Waals surface area contributed by atoms with E-state index in [-0.39, 0.29) is 12.1 Å². The molecule has 3 aliphatic carbocycles. The van der Waals surface area contributed by atoms with Gasteiger partial charge in [-0.25, -0.2) is 4.79 Å². The Morgan fingerprint density at radius 1 is 1.55 bits per heavy atom. The molecule has 0 aromatic rings. The van der Waals surface area contributed by atoms with E-state index in [1.807, 2.05) is 20.8 Å². The van der Waals surface area contributed by atoms with E-state index in [0.29, 0.717) is 17.9 Å². The second kappa shape index (κ2) is 5.06. The molecule has 1 amide bonds. The lowest BCUT2D eigenvalue weighted by Crippen LogP contribution is -2.54. The minimum atomic E-state index is -0.481. The maximum atomic E-state index is 11.9. The van der Waals surface area contributed by atoms with Crippen molar-refractivity contribution in [2.45, 2.75) is 59.1 Å². The Balaban J connectivity index is 2.03. The molecule has 0 spiro atoms. The van der Waals surface area contributed by atoms with Crippen LogP contribution >= 0.6 is 0 Å². The Labute approximate surface area is 122 Å². The molecular weight excluding hydrogens is 252 g/mol. The summed E-state index contributed by atoms with van der Waals surface area (Å²) in [5.41, 5.74) is 7.03. The van der Waals surface area contributed by atoms with Crippen LogP contribution in [0.5, 0.6) is 0 Å². The number of hydrogen-bond donors (Lipinski definition) is 2. The van der Waals surface area contributed by atoms with Crippen LogP contribution in [0.1, 0.15) is 47.5 Å². The number of allylic oxidation sites excluding steroid dienone is 1. The first-order chi connectivity index (χ1) is 9.15. The van der Waals surface area contributed by atoms with Crippen LogP contribution < -0.4 is 11.1 Å². The van der Waals surface area contributed by atoms with Crippen LogP contribution in [0.25, 0.3) is 0 Å². The van der Waals surface area contributed by atoms with Crippen LogP contribution in [0.4, 0.5) is 4.79 Å². The van der Waals surface area contributed by atoms with Crippen LogP contribution in [0.2, 0.25) is 0 Å². The molecule has 114 valence electrons. The van der Waals surface area contributed by atoms with E-state index in [2.05, 4.69) is 25.2 Å². The zero-order chi connectivity index (χ0) is 15.1. The highest BCUT2D eigenvalue weighted by atomic mass is 16.6. The van der Waals surface area contributed by atoms with Gasteiger partial charge in [-0.15, -0.1) is 0 Å². The maximum absolute atomic E-state index is 11.9. The first-order valence-electron chi connectivity index (χ1n) is 7.54. The molecule has 3 unspecified atom stereocenters. The van der Waals surface area contributed by atoms with Crippen LogP contribution in [0.15, 0.2) is 11.6 Å². The fourth-order valence-corrected chi connectivity index (χ4v) is 3.52. The molecule has 20 heavy (non-hydrogen) atoms. The predicted octanol–water partition coefficient (Wildman–Crippen LogP) is 2.83. The largest absolute Gasteiger partial charge is 0.444 e. The van der Waals surface area contributed by atoms with E-state index in [1.54, 1.807) is 0 Å². The second-order valence-electron chi connectivity index (χ2n) is 7.68. The SMILES string of the molecule is CC(C)(C)OC(=O)NC(CN)C1=CCC2CC1C2(C)C. The molecule has 3 aliphatic rings. The lowest BCUT2D eigenvalue weighted by molar-refractivity contribution is -0.0114. The van der Waals surface area contributed by atoms with Crippen molar-refractivity contribution in [3.63, 3.8) is 0 Å². The smallest absolute Gasteiger partial charge is 0.408 e. The summed E-state index contributed by atoms with van der Waals surface area (Å²) in [6.45, 7) is 10.7. The molecule has 0 aliphatic heterocycles. The molecule has 1 fully saturated rings. The monoisotopic (exact) mass is 280 g/mol. The van der Waals surface area contributed by atoms with Crippen molar-refractivity contribution in [2.24, 2.45) is 23.0 Å². The average molecular weight is 280 g/mol. The van der Waals surface area contributed by atoms with Gasteiger partial charge in [-0.3, -0.25) is 0 Å². The van der Waals surface area contributed by atoms with Crippen molar-refractivity contribution in [3.8, 4) is 0 Å². The molecule has 0 radical (unpaired) electrons. The molecule has 4 nitrogen and oxygen atoms in total. The predicted molar refractivity (Wildman–Crippen MR) is 80.3 cm³/mol. The Kier molecular flexibility index (Phi) is 3.89. The van der Waals surface area contributed by atoms with E-state index in [0.717, 1.165) is 12.3 Å². The van der Waals surface area contributed by atoms with Crippen molar-refractivity contribution in [1.29, 1.82) is 0 Å². The van der Waals surface area contributed by atoms with Crippen LogP contribution in [0.3, 0.4) is 0 Å². The summed E-state index contributed by atoms with van der Waals surface area (Å²) >= 11 is 0. The van der Waals surface area contributed by atoms with E-state index < -0.39 is 5.60 Å². The summed E-state index contributed by atoms with van der Waals surface area (Å²) < 4.78 is 5.33. The number of rotatable bonds is 3. The Morgan fingerprint density at radius 3 is 2.65 bits per heavy atom.